The Morgan fingerprint density at radius 3 is 3.00 bits per heavy atom. The second kappa shape index (κ2) is 3.77. The minimum atomic E-state index is -0.0366. The molecule has 2 heterocycles. The summed E-state index contributed by atoms with van der Waals surface area (Å²) in [7, 11) is 0. The zero-order valence-corrected chi connectivity index (χ0v) is 8.86. The Bertz CT molecular complexity index is 489. The first-order valence-corrected chi connectivity index (χ1v) is 5.14. The first-order valence-electron chi connectivity index (χ1n) is 4.26. The Morgan fingerprint density at radius 2 is 2.47 bits per heavy atom. The maximum Gasteiger partial charge on any atom is 0.178 e. The van der Waals surface area contributed by atoms with Crippen molar-refractivity contribution >= 4 is 22.9 Å². The van der Waals surface area contributed by atoms with Gasteiger partial charge < -0.3 is 5.73 Å². The van der Waals surface area contributed by atoms with Crippen molar-refractivity contribution < 1.29 is 4.79 Å². The van der Waals surface area contributed by atoms with Crippen LogP contribution in [0.4, 0.5) is 5.82 Å². The molecular formula is C8H9N5OS. The van der Waals surface area contributed by atoms with Gasteiger partial charge in [0.2, 0.25) is 0 Å². The number of anilines is 1. The summed E-state index contributed by atoms with van der Waals surface area (Å²) in [6.07, 6.45) is 1.47. The van der Waals surface area contributed by atoms with E-state index in [4.69, 9.17) is 5.73 Å². The molecule has 0 saturated carbocycles. The molecule has 78 valence electrons. The minimum Gasteiger partial charge on any atom is -0.381 e. The fourth-order valence-corrected chi connectivity index (χ4v) is 1.86. The third-order valence-electron chi connectivity index (χ3n) is 1.74. The smallest absolute Gasteiger partial charge is 0.178 e. The third-order valence-corrected chi connectivity index (χ3v) is 2.58. The molecule has 0 aliphatic rings. The minimum absolute atomic E-state index is 0.0366. The number of aromatic nitrogens is 4. The van der Waals surface area contributed by atoms with Gasteiger partial charge in [0.05, 0.1) is 6.20 Å². The zero-order chi connectivity index (χ0) is 10.8. The number of nitrogen functional groups attached to an aromatic ring is 1. The topological polar surface area (TPSA) is 86.7 Å². The number of nitrogens with two attached hydrogens (primary N) is 1. The number of thiazole rings is 1. The summed E-state index contributed by atoms with van der Waals surface area (Å²) in [5.41, 5.74) is 5.90. The fraction of sp³-hybridized carbons (Fsp3) is 0.250. The lowest BCUT2D eigenvalue weighted by Crippen LogP contribution is -2.04. The zero-order valence-electron chi connectivity index (χ0n) is 8.04. The number of carbonyl (C=O) groups is 1. The van der Waals surface area contributed by atoms with Crippen molar-refractivity contribution in [3.05, 3.63) is 22.3 Å². The lowest BCUT2D eigenvalue weighted by atomic mass is 10.4. The summed E-state index contributed by atoms with van der Waals surface area (Å²) in [5, 5.41) is 10.4. The van der Waals surface area contributed by atoms with E-state index in [1.165, 1.54) is 29.3 Å². The van der Waals surface area contributed by atoms with E-state index in [2.05, 4.69) is 15.2 Å². The molecule has 2 rings (SSSR count). The fourth-order valence-electron chi connectivity index (χ4n) is 1.05. The van der Waals surface area contributed by atoms with Crippen LogP contribution in [0.15, 0.2) is 11.6 Å². The van der Waals surface area contributed by atoms with Gasteiger partial charge in [-0.25, -0.2) is 4.98 Å². The molecule has 2 aromatic rings. The van der Waals surface area contributed by atoms with Crippen molar-refractivity contribution in [1.82, 2.24) is 20.0 Å². The lowest BCUT2D eigenvalue weighted by molar-refractivity contribution is 0.101. The van der Waals surface area contributed by atoms with Crippen LogP contribution in [0.2, 0.25) is 0 Å². The molecule has 15 heavy (non-hydrogen) atoms. The Balaban J connectivity index is 2.14. The van der Waals surface area contributed by atoms with E-state index in [1.807, 2.05) is 0 Å². The van der Waals surface area contributed by atoms with E-state index in [-0.39, 0.29) is 5.78 Å². The largest absolute Gasteiger partial charge is 0.381 e. The highest BCUT2D eigenvalue weighted by atomic mass is 32.1. The summed E-state index contributed by atoms with van der Waals surface area (Å²) in [6.45, 7) is 1.93. The number of hydrogen-bond acceptors (Lipinski definition) is 6. The molecule has 2 N–H and O–H groups in total. The molecule has 0 radical (unpaired) electrons. The van der Waals surface area contributed by atoms with E-state index in [0.717, 1.165) is 5.01 Å². The van der Waals surface area contributed by atoms with Gasteiger partial charge in [0.1, 0.15) is 17.2 Å². The molecule has 0 aliphatic heterocycles. The second-order valence-corrected chi connectivity index (χ2v) is 3.93. The van der Waals surface area contributed by atoms with Gasteiger partial charge in [-0.05, 0) is 0 Å². The van der Waals surface area contributed by atoms with Crippen molar-refractivity contribution in [3.8, 4) is 0 Å². The van der Waals surface area contributed by atoms with Gasteiger partial charge in [0, 0.05) is 12.3 Å². The molecule has 0 saturated heterocycles. The van der Waals surface area contributed by atoms with Gasteiger partial charge in [0.25, 0.3) is 0 Å². The van der Waals surface area contributed by atoms with Crippen molar-refractivity contribution in [1.29, 1.82) is 0 Å². The van der Waals surface area contributed by atoms with Crippen molar-refractivity contribution in [2.24, 2.45) is 0 Å². The Morgan fingerprint density at radius 1 is 1.67 bits per heavy atom. The second-order valence-electron chi connectivity index (χ2n) is 2.98. The van der Waals surface area contributed by atoms with E-state index in [0.29, 0.717) is 18.1 Å². The predicted octanol–water partition coefficient (Wildman–Crippen LogP) is 0.568. The monoisotopic (exact) mass is 223 g/mol. The Labute approximate surface area is 89.7 Å². The number of hydrogen-bond donors (Lipinski definition) is 1. The van der Waals surface area contributed by atoms with E-state index >= 15 is 0 Å². The highest BCUT2D eigenvalue weighted by Gasteiger charge is 2.07. The van der Waals surface area contributed by atoms with Gasteiger partial charge in [-0.15, -0.1) is 16.4 Å². The van der Waals surface area contributed by atoms with Gasteiger partial charge in [-0.3, -0.25) is 4.79 Å². The molecule has 0 bridgehead atoms. The SMILES string of the molecule is CC(=O)c1csc(Cn2ncc(N)n2)n1. The average Bonchev–Trinajstić information content (AvgIpc) is 2.76. The van der Waals surface area contributed by atoms with Crippen molar-refractivity contribution in [2.45, 2.75) is 13.5 Å². The Kier molecular flexibility index (Phi) is 2.46. The van der Waals surface area contributed by atoms with Crippen LogP contribution in [0.25, 0.3) is 0 Å². The van der Waals surface area contributed by atoms with Crippen LogP contribution < -0.4 is 5.73 Å². The molecule has 0 atom stereocenters. The van der Waals surface area contributed by atoms with Gasteiger partial charge in [-0.1, -0.05) is 0 Å². The van der Waals surface area contributed by atoms with Gasteiger partial charge in [0.15, 0.2) is 11.6 Å². The summed E-state index contributed by atoms with van der Waals surface area (Å²) in [4.78, 5) is 16.6. The quantitative estimate of drug-likeness (QED) is 0.768. The van der Waals surface area contributed by atoms with Crippen LogP contribution in [0.5, 0.6) is 0 Å². The van der Waals surface area contributed by atoms with Crippen LogP contribution in [0.3, 0.4) is 0 Å². The van der Waals surface area contributed by atoms with Crippen molar-refractivity contribution in [3.63, 3.8) is 0 Å². The first kappa shape index (κ1) is 9.78. The summed E-state index contributed by atoms with van der Waals surface area (Å²) in [5.74, 6) is 0.337. The number of nitrogens with zero attached hydrogens (tertiary/aromatic N) is 4. The highest BCUT2D eigenvalue weighted by Crippen LogP contribution is 2.11. The predicted molar refractivity (Wildman–Crippen MR) is 55.7 cm³/mol. The van der Waals surface area contributed by atoms with Crippen molar-refractivity contribution in [2.75, 3.05) is 5.73 Å². The lowest BCUT2D eigenvalue weighted by Gasteiger charge is -1.93. The third kappa shape index (κ3) is 2.18. The molecule has 6 nitrogen and oxygen atoms in total. The van der Waals surface area contributed by atoms with E-state index in [1.54, 1.807) is 5.38 Å². The molecule has 0 fully saturated rings. The number of carbonyl (C=O) groups excluding carboxylic acids is 1. The van der Waals surface area contributed by atoms with Crippen LogP contribution in [-0.4, -0.2) is 25.8 Å². The standard InChI is InChI=1S/C8H9N5OS/c1-5(14)6-4-15-8(11-6)3-13-10-2-7(9)12-13/h2,4H,3H2,1H3,(H2,9,12). The maximum absolute atomic E-state index is 11.0. The van der Waals surface area contributed by atoms with E-state index in [9.17, 15) is 4.79 Å². The number of rotatable bonds is 3. The van der Waals surface area contributed by atoms with Gasteiger partial charge in [-0.2, -0.15) is 9.90 Å². The number of ketones is 1. The van der Waals surface area contributed by atoms with Crippen LogP contribution in [0, 0.1) is 0 Å². The molecule has 0 amide bonds. The maximum atomic E-state index is 11.0. The summed E-state index contributed by atoms with van der Waals surface area (Å²) in [6, 6.07) is 0. The average molecular weight is 223 g/mol. The van der Waals surface area contributed by atoms with E-state index < -0.39 is 0 Å². The van der Waals surface area contributed by atoms with Gasteiger partial charge >= 0.3 is 0 Å². The molecule has 7 heteroatoms. The molecule has 2 aromatic heterocycles. The Hall–Kier alpha value is -1.76. The summed E-state index contributed by atoms with van der Waals surface area (Å²) < 4.78 is 0. The first-order chi connectivity index (χ1) is 7.15. The van der Waals surface area contributed by atoms with Crippen LogP contribution >= 0.6 is 11.3 Å². The molecule has 0 unspecified atom stereocenters. The molecule has 0 aromatic carbocycles. The molecule has 0 aliphatic carbocycles. The summed E-state index contributed by atoms with van der Waals surface area (Å²) >= 11 is 1.41. The molecular weight excluding hydrogens is 214 g/mol. The normalized spacial score (nSPS) is 10.5. The van der Waals surface area contributed by atoms with Crippen LogP contribution in [-0.2, 0) is 6.54 Å². The molecule has 0 spiro atoms. The number of Topliss-reactive ketones (excluding diaryl/α,β-unsaturated/α-hetero) is 1. The van der Waals surface area contributed by atoms with Crippen LogP contribution in [0.1, 0.15) is 22.4 Å². The highest BCUT2D eigenvalue weighted by molar-refractivity contribution is 7.09.